The van der Waals surface area contributed by atoms with E-state index in [1.807, 2.05) is 30.3 Å². The largest absolute Gasteiger partial charge is 0.391 e. The Balaban J connectivity index is 2.51. The van der Waals surface area contributed by atoms with E-state index in [2.05, 4.69) is 0 Å². The molecule has 0 heterocycles. The van der Waals surface area contributed by atoms with Gasteiger partial charge >= 0.3 is 6.18 Å². The van der Waals surface area contributed by atoms with E-state index in [4.69, 9.17) is 0 Å². The molecule has 0 radical (unpaired) electrons. The van der Waals surface area contributed by atoms with Gasteiger partial charge in [0, 0.05) is 0 Å². The molecule has 0 aliphatic rings. The smallest absolute Gasteiger partial charge is 0.171 e. The second kappa shape index (κ2) is 5.92. The van der Waals surface area contributed by atoms with E-state index in [9.17, 15) is 13.2 Å². The third-order valence-electron chi connectivity index (χ3n) is 2.72. The van der Waals surface area contributed by atoms with Crippen molar-refractivity contribution in [2.45, 2.75) is 38.8 Å². The summed E-state index contributed by atoms with van der Waals surface area (Å²) in [5.41, 5.74) is 0.979. The van der Waals surface area contributed by atoms with E-state index >= 15 is 0 Å². The molecule has 16 heavy (non-hydrogen) atoms. The fraction of sp³-hybridized carbons (Fsp3) is 0.538. The second-order valence-corrected chi connectivity index (χ2v) is 4.05. The second-order valence-electron chi connectivity index (χ2n) is 4.05. The van der Waals surface area contributed by atoms with Crippen LogP contribution < -0.4 is 0 Å². The topological polar surface area (TPSA) is 0 Å². The van der Waals surface area contributed by atoms with Crippen LogP contribution in [0.2, 0.25) is 0 Å². The lowest BCUT2D eigenvalue weighted by atomic mass is 9.95. The van der Waals surface area contributed by atoms with Crippen LogP contribution in [0.1, 0.15) is 31.7 Å². The molecule has 1 aromatic carbocycles. The number of hydrogen-bond acceptors (Lipinski definition) is 0. The first-order valence-electron chi connectivity index (χ1n) is 5.64. The Bertz CT molecular complexity index is 290. The van der Waals surface area contributed by atoms with Crippen LogP contribution in [0, 0.1) is 5.92 Å². The summed E-state index contributed by atoms with van der Waals surface area (Å²) in [5, 5.41) is 0. The number of alkyl halides is 3. The van der Waals surface area contributed by atoms with Crippen molar-refractivity contribution in [2.75, 3.05) is 0 Å². The third-order valence-corrected chi connectivity index (χ3v) is 2.72. The zero-order valence-electron chi connectivity index (χ0n) is 9.43. The fourth-order valence-corrected chi connectivity index (χ4v) is 1.81. The number of aryl methyl sites for hydroxylation is 1. The Kier molecular flexibility index (Phi) is 4.84. The lowest BCUT2D eigenvalue weighted by Crippen LogP contribution is -2.23. The van der Waals surface area contributed by atoms with Crippen molar-refractivity contribution in [1.82, 2.24) is 0 Å². The summed E-state index contributed by atoms with van der Waals surface area (Å²) >= 11 is 0. The molecule has 1 unspecified atom stereocenters. The highest BCUT2D eigenvalue weighted by molar-refractivity contribution is 5.14. The molecule has 0 spiro atoms. The molecular formula is C13H17F3. The molecule has 3 heteroatoms. The van der Waals surface area contributed by atoms with Crippen LogP contribution in [0.5, 0.6) is 0 Å². The van der Waals surface area contributed by atoms with Gasteiger partial charge in [-0.05, 0) is 24.8 Å². The highest BCUT2D eigenvalue weighted by atomic mass is 19.4. The first kappa shape index (κ1) is 13.1. The molecule has 0 fully saturated rings. The van der Waals surface area contributed by atoms with Crippen LogP contribution in [0.25, 0.3) is 0 Å². The van der Waals surface area contributed by atoms with E-state index in [-0.39, 0.29) is 12.8 Å². The van der Waals surface area contributed by atoms with E-state index in [1.165, 1.54) is 0 Å². The van der Waals surface area contributed by atoms with E-state index in [1.54, 1.807) is 6.92 Å². The minimum absolute atomic E-state index is 0.196. The Morgan fingerprint density at radius 2 is 1.69 bits per heavy atom. The molecule has 0 aromatic heterocycles. The first-order valence-corrected chi connectivity index (χ1v) is 5.64. The van der Waals surface area contributed by atoms with Crippen molar-refractivity contribution < 1.29 is 13.2 Å². The van der Waals surface area contributed by atoms with Crippen molar-refractivity contribution in [1.29, 1.82) is 0 Å². The Morgan fingerprint density at radius 1 is 1.06 bits per heavy atom. The molecule has 0 aliphatic carbocycles. The van der Waals surface area contributed by atoms with Gasteiger partial charge in [0.1, 0.15) is 0 Å². The summed E-state index contributed by atoms with van der Waals surface area (Å²) in [4.78, 5) is 0. The number of rotatable bonds is 5. The predicted molar refractivity (Wildman–Crippen MR) is 59.2 cm³/mol. The normalized spacial score (nSPS) is 13.8. The molecule has 0 N–H and O–H groups in total. The average molecular weight is 230 g/mol. The highest BCUT2D eigenvalue weighted by Gasteiger charge is 2.37. The Hall–Kier alpha value is -0.990. The maximum absolute atomic E-state index is 12.6. The Morgan fingerprint density at radius 3 is 2.19 bits per heavy atom. The van der Waals surface area contributed by atoms with Gasteiger partial charge in [-0.3, -0.25) is 0 Å². The molecule has 0 nitrogen and oxygen atoms in total. The molecule has 0 amide bonds. The van der Waals surface area contributed by atoms with Gasteiger partial charge in [-0.15, -0.1) is 0 Å². The van der Waals surface area contributed by atoms with Crippen molar-refractivity contribution in [3.63, 3.8) is 0 Å². The van der Waals surface area contributed by atoms with Crippen molar-refractivity contribution in [3.05, 3.63) is 35.9 Å². The number of benzene rings is 1. The van der Waals surface area contributed by atoms with Crippen molar-refractivity contribution in [2.24, 2.45) is 5.92 Å². The summed E-state index contributed by atoms with van der Waals surface area (Å²) in [5.74, 6) is -1.15. The van der Waals surface area contributed by atoms with Crippen LogP contribution in [0.4, 0.5) is 13.2 Å². The molecule has 1 aromatic rings. The van der Waals surface area contributed by atoms with Gasteiger partial charge in [0.05, 0.1) is 5.92 Å². The molecule has 0 saturated carbocycles. The summed E-state index contributed by atoms with van der Waals surface area (Å²) in [6.45, 7) is 1.79. The molecule has 1 atom stereocenters. The maximum Gasteiger partial charge on any atom is 0.391 e. The van der Waals surface area contributed by atoms with Crippen molar-refractivity contribution >= 4 is 0 Å². The molecule has 90 valence electrons. The van der Waals surface area contributed by atoms with E-state index in [0.717, 1.165) is 5.56 Å². The Labute approximate surface area is 94.5 Å². The summed E-state index contributed by atoms with van der Waals surface area (Å²) < 4.78 is 37.8. The summed E-state index contributed by atoms with van der Waals surface area (Å²) in [6.07, 6.45) is -2.54. The van der Waals surface area contributed by atoms with Crippen LogP contribution in [-0.2, 0) is 6.42 Å². The third kappa shape index (κ3) is 4.25. The molecule has 0 aliphatic heterocycles. The minimum Gasteiger partial charge on any atom is -0.171 e. The lowest BCUT2D eigenvalue weighted by molar-refractivity contribution is -0.178. The zero-order chi connectivity index (χ0) is 12.0. The number of halogens is 3. The molecule has 0 bridgehead atoms. The summed E-state index contributed by atoms with van der Waals surface area (Å²) in [6, 6.07) is 9.34. The van der Waals surface area contributed by atoms with Gasteiger partial charge in [-0.2, -0.15) is 13.2 Å². The van der Waals surface area contributed by atoms with Crippen molar-refractivity contribution in [3.8, 4) is 0 Å². The maximum atomic E-state index is 12.6. The van der Waals surface area contributed by atoms with Gasteiger partial charge in [0.25, 0.3) is 0 Å². The van der Waals surface area contributed by atoms with E-state index in [0.29, 0.717) is 12.8 Å². The SMILES string of the molecule is CCCC(CCc1ccccc1)C(F)(F)F. The lowest BCUT2D eigenvalue weighted by Gasteiger charge is -2.19. The number of hydrogen-bond donors (Lipinski definition) is 0. The van der Waals surface area contributed by atoms with Gasteiger partial charge in [0.15, 0.2) is 0 Å². The fourth-order valence-electron chi connectivity index (χ4n) is 1.81. The molecular weight excluding hydrogens is 213 g/mol. The predicted octanol–water partition coefficient (Wildman–Crippen LogP) is 4.60. The van der Waals surface area contributed by atoms with Gasteiger partial charge < -0.3 is 0 Å². The van der Waals surface area contributed by atoms with E-state index < -0.39 is 12.1 Å². The average Bonchev–Trinajstić information content (AvgIpc) is 2.24. The van der Waals surface area contributed by atoms with Crippen LogP contribution in [0.3, 0.4) is 0 Å². The van der Waals surface area contributed by atoms with Gasteiger partial charge in [-0.25, -0.2) is 0 Å². The van der Waals surface area contributed by atoms with Crippen LogP contribution in [-0.4, -0.2) is 6.18 Å². The molecule has 0 saturated heterocycles. The minimum atomic E-state index is -4.05. The summed E-state index contributed by atoms with van der Waals surface area (Å²) in [7, 11) is 0. The standard InChI is InChI=1S/C13H17F3/c1-2-6-12(13(14,15)16)10-9-11-7-4-3-5-8-11/h3-5,7-8,12H,2,6,9-10H2,1H3. The monoisotopic (exact) mass is 230 g/mol. The quantitative estimate of drug-likeness (QED) is 0.693. The van der Waals surface area contributed by atoms with Gasteiger partial charge in [0.2, 0.25) is 0 Å². The molecule has 1 rings (SSSR count). The zero-order valence-corrected chi connectivity index (χ0v) is 9.43. The van der Waals surface area contributed by atoms with Crippen LogP contribution in [0.15, 0.2) is 30.3 Å². The first-order chi connectivity index (χ1) is 7.54. The highest BCUT2D eigenvalue weighted by Crippen LogP contribution is 2.33. The van der Waals surface area contributed by atoms with Gasteiger partial charge in [-0.1, -0.05) is 43.7 Å². The van der Waals surface area contributed by atoms with Crippen LogP contribution >= 0.6 is 0 Å².